The molecule has 0 aliphatic carbocycles. The Labute approximate surface area is 166 Å². The Bertz CT molecular complexity index is 1020. The minimum atomic E-state index is -1.18. The molecule has 0 radical (unpaired) electrons. The van der Waals surface area contributed by atoms with Gasteiger partial charge in [0.1, 0.15) is 23.9 Å². The molecule has 3 aromatic rings. The lowest BCUT2D eigenvalue weighted by molar-refractivity contribution is 0.0841. The number of aldehydes is 1. The largest absolute Gasteiger partial charge is 0.456 e. The number of imidazole rings is 1. The van der Waals surface area contributed by atoms with Crippen LogP contribution in [0, 0.1) is 0 Å². The molecule has 0 amide bonds. The third kappa shape index (κ3) is 3.53. The van der Waals surface area contributed by atoms with E-state index in [1.807, 2.05) is 53.1 Å². The number of aromatic nitrogens is 2. The van der Waals surface area contributed by atoms with Crippen LogP contribution in [0.25, 0.3) is 22.5 Å². The third-order valence-electron chi connectivity index (χ3n) is 4.82. The summed E-state index contributed by atoms with van der Waals surface area (Å²) in [6.45, 7) is 7.93. The van der Waals surface area contributed by atoms with Crippen molar-refractivity contribution in [3.8, 4) is 34.0 Å². The van der Waals surface area contributed by atoms with Gasteiger partial charge in [-0.25, -0.2) is 4.98 Å². The van der Waals surface area contributed by atoms with Crippen molar-refractivity contribution in [2.45, 2.75) is 32.4 Å². The summed E-state index contributed by atoms with van der Waals surface area (Å²) in [6, 6.07) is 16.7. The van der Waals surface area contributed by atoms with Gasteiger partial charge in [-0.3, -0.25) is 9.36 Å². The zero-order chi connectivity index (χ0) is 19.7. The van der Waals surface area contributed by atoms with Crippen molar-refractivity contribution < 1.29 is 14.3 Å². The number of carbonyl (C=O) groups is 1. The summed E-state index contributed by atoms with van der Waals surface area (Å²) in [5.74, 6) is 1.84. The molecule has 2 aromatic carbocycles. The fraction of sp³-hybridized carbons (Fsp3) is 0.273. The standard InChI is InChI=1S/C22H24N2O3Si/c1-28(2,3)13-12-26-15-24-20(14-25)23-21-16-8-4-6-10-18(16)27-19-11-7-5-9-17(19)22(21)24/h4-11,14H,12-13,15H2,1-3H3. The molecule has 0 unspecified atom stereocenters. The molecule has 5 nitrogen and oxygen atoms in total. The van der Waals surface area contributed by atoms with Crippen molar-refractivity contribution in [1.29, 1.82) is 0 Å². The van der Waals surface area contributed by atoms with Crippen LogP contribution in [0.1, 0.15) is 10.6 Å². The fourth-order valence-corrected chi connectivity index (χ4v) is 4.06. The Hall–Kier alpha value is -2.70. The average molecular weight is 393 g/mol. The Morgan fingerprint density at radius 2 is 1.68 bits per heavy atom. The molecule has 0 atom stereocenters. The van der Waals surface area contributed by atoms with Crippen molar-refractivity contribution in [2.24, 2.45) is 0 Å². The highest BCUT2D eigenvalue weighted by Gasteiger charge is 2.27. The number of fused-ring (bicyclic) bond motifs is 5. The Balaban J connectivity index is 1.81. The molecule has 28 heavy (non-hydrogen) atoms. The maximum Gasteiger partial charge on any atom is 0.185 e. The molecule has 1 aromatic heterocycles. The Morgan fingerprint density at radius 3 is 2.36 bits per heavy atom. The highest BCUT2D eigenvalue weighted by Crippen LogP contribution is 2.46. The van der Waals surface area contributed by atoms with Gasteiger partial charge in [-0.05, 0) is 30.3 Å². The predicted molar refractivity (Wildman–Crippen MR) is 113 cm³/mol. The van der Waals surface area contributed by atoms with E-state index in [4.69, 9.17) is 9.47 Å². The normalized spacial score (nSPS) is 12.4. The van der Waals surface area contributed by atoms with Gasteiger partial charge in [0.15, 0.2) is 12.1 Å². The van der Waals surface area contributed by atoms with E-state index in [-0.39, 0.29) is 6.73 Å². The molecule has 0 fully saturated rings. The summed E-state index contributed by atoms with van der Waals surface area (Å²) >= 11 is 0. The lowest BCUT2D eigenvalue weighted by atomic mass is 10.0. The molecule has 4 rings (SSSR count). The van der Waals surface area contributed by atoms with Gasteiger partial charge in [-0.2, -0.15) is 0 Å². The quantitative estimate of drug-likeness (QED) is 0.249. The molecule has 144 valence electrons. The zero-order valence-corrected chi connectivity index (χ0v) is 17.4. The topological polar surface area (TPSA) is 53.4 Å². The number of benzene rings is 2. The minimum Gasteiger partial charge on any atom is -0.456 e. The van der Waals surface area contributed by atoms with E-state index in [1.165, 1.54) is 0 Å². The first-order valence-electron chi connectivity index (χ1n) is 9.48. The number of rotatable bonds is 6. The van der Waals surface area contributed by atoms with Crippen molar-refractivity contribution >= 4 is 14.4 Å². The molecule has 2 heterocycles. The van der Waals surface area contributed by atoms with Gasteiger partial charge in [-0.15, -0.1) is 0 Å². The Kier molecular flexibility index (Phi) is 4.91. The van der Waals surface area contributed by atoms with Crippen LogP contribution >= 0.6 is 0 Å². The molecule has 0 saturated heterocycles. The summed E-state index contributed by atoms with van der Waals surface area (Å²) in [7, 11) is -1.18. The molecule has 1 aliphatic heterocycles. The summed E-state index contributed by atoms with van der Waals surface area (Å²) in [5, 5.41) is 0. The van der Waals surface area contributed by atoms with Crippen molar-refractivity contribution in [2.75, 3.05) is 6.61 Å². The van der Waals surface area contributed by atoms with Gasteiger partial charge < -0.3 is 9.47 Å². The number of para-hydroxylation sites is 2. The van der Waals surface area contributed by atoms with E-state index in [9.17, 15) is 4.79 Å². The van der Waals surface area contributed by atoms with Gasteiger partial charge in [0.2, 0.25) is 0 Å². The summed E-state index contributed by atoms with van der Waals surface area (Å²) in [4.78, 5) is 16.4. The van der Waals surface area contributed by atoms with Gasteiger partial charge in [0.25, 0.3) is 0 Å². The molecular formula is C22H24N2O3Si. The highest BCUT2D eigenvalue weighted by atomic mass is 28.3. The lowest BCUT2D eigenvalue weighted by Gasteiger charge is -2.17. The van der Waals surface area contributed by atoms with Gasteiger partial charge in [0.05, 0.1) is 5.69 Å². The number of ether oxygens (including phenoxy) is 2. The van der Waals surface area contributed by atoms with Crippen LogP contribution in [-0.2, 0) is 11.5 Å². The maximum atomic E-state index is 11.8. The molecule has 0 bridgehead atoms. The van der Waals surface area contributed by atoms with E-state index in [1.54, 1.807) is 0 Å². The molecular weight excluding hydrogens is 368 g/mol. The van der Waals surface area contributed by atoms with E-state index in [0.717, 1.165) is 46.3 Å². The Morgan fingerprint density at radius 1 is 1.04 bits per heavy atom. The number of hydrogen-bond donors (Lipinski definition) is 0. The monoisotopic (exact) mass is 392 g/mol. The van der Waals surface area contributed by atoms with Gasteiger partial charge >= 0.3 is 0 Å². The SMILES string of the molecule is C[Si](C)(C)CCOCn1c(C=O)nc2c1-c1ccccc1Oc1ccccc1-2. The van der Waals surface area contributed by atoms with Crippen LogP contribution in [-0.4, -0.2) is 30.5 Å². The summed E-state index contributed by atoms with van der Waals surface area (Å²) in [6.07, 6.45) is 0.794. The van der Waals surface area contributed by atoms with Crippen LogP contribution in [0.2, 0.25) is 25.7 Å². The molecule has 0 N–H and O–H groups in total. The molecule has 0 spiro atoms. The number of carbonyl (C=O) groups excluding carboxylic acids is 1. The minimum absolute atomic E-state index is 0.289. The summed E-state index contributed by atoms with van der Waals surface area (Å²) < 4.78 is 14.0. The highest BCUT2D eigenvalue weighted by molar-refractivity contribution is 6.76. The first kappa shape index (κ1) is 18.7. The first-order chi connectivity index (χ1) is 13.5. The van der Waals surface area contributed by atoms with Crippen LogP contribution in [0.15, 0.2) is 48.5 Å². The molecule has 6 heteroatoms. The van der Waals surface area contributed by atoms with E-state index >= 15 is 0 Å². The van der Waals surface area contributed by atoms with Crippen molar-refractivity contribution in [3.05, 3.63) is 54.4 Å². The van der Waals surface area contributed by atoms with Crippen LogP contribution in [0.4, 0.5) is 0 Å². The second-order valence-electron chi connectivity index (χ2n) is 8.16. The number of hydrogen-bond acceptors (Lipinski definition) is 4. The van der Waals surface area contributed by atoms with Crippen LogP contribution in [0.3, 0.4) is 0 Å². The second-order valence-corrected chi connectivity index (χ2v) is 13.8. The van der Waals surface area contributed by atoms with Crippen LogP contribution < -0.4 is 4.74 Å². The molecule has 0 saturated carbocycles. The van der Waals surface area contributed by atoms with Gasteiger partial charge in [-0.1, -0.05) is 43.9 Å². The van der Waals surface area contributed by atoms with E-state index < -0.39 is 8.07 Å². The van der Waals surface area contributed by atoms with Crippen molar-refractivity contribution in [3.63, 3.8) is 0 Å². The van der Waals surface area contributed by atoms with Crippen LogP contribution in [0.5, 0.6) is 11.5 Å². The zero-order valence-electron chi connectivity index (χ0n) is 16.4. The van der Waals surface area contributed by atoms with E-state index in [0.29, 0.717) is 12.4 Å². The second kappa shape index (κ2) is 7.37. The average Bonchev–Trinajstić information content (AvgIpc) is 2.97. The smallest absolute Gasteiger partial charge is 0.185 e. The number of nitrogens with zero attached hydrogens (tertiary/aromatic N) is 2. The van der Waals surface area contributed by atoms with Gasteiger partial charge in [0, 0.05) is 25.8 Å². The third-order valence-corrected chi connectivity index (χ3v) is 6.53. The molecule has 1 aliphatic rings. The maximum absolute atomic E-state index is 11.8. The first-order valence-corrected chi connectivity index (χ1v) is 13.2. The van der Waals surface area contributed by atoms with E-state index in [2.05, 4.69) is 24.6 Å². The van der Waals surface area contributed by atoms with Crippen molar-refractivity contribution in [1.82, 2.24) is 9.55 Å². The lowest BCUT2D eigenvalue weighted by Crippen LogP contribution is -2.22. The predicted octanol–water partition coefficient (Wildman–Crippen LogP) is 5.45. The summed E-state index contributed by atoms with van der Waals surface area (Å²) in [5.41, 5.74) is 3.38. The fourth-order valence-electron chi connectivity index (χ4n) is 3.31.